The van der Waals surface area contributed by atoms with E-state index in [2.05, 4.69) is 15.9 Å². The molecule has 0 N–H and O–H groups in total. The van der Waals surface area contributed by atoms with Gasteiger partial charge in [0.25, 0.3) is 0 Å². The van der Waals surface area contributed by atoms with E-state index in [4.69, 9.17) is 11.6 Å². The molecule has 1 nitrogen and oxygen atoms in total. The Hall–Kier alpha value is -0.550. The van der Waals surface area contributed by atoms with Gasteiger partial charge in [-0.2, -0.15) is 8.78 Å². The molecule has 0 atom stereocenters. The first-order chi connectivity index (χ1) is 6.89. The lowest BCUT2D eigenvalue weighted by molar-refractivity contribution is -0.141. The Bertz CT molecular complexity index is 395. The maximum Gasteiger partial charge on any atom is 0.332 e. The molecule has 0 aliphatic heterocycles. The van der Waals surface area contributed by atoms with Gasteiger partial charge in [-0.25, -0.2) is 4.39 Å². The maximum atomic E-state index is 13.4. The second-order valence-corrected chi connectivity index (χ2v) is 3.88. The Morgan fingerprint density at radius 2 is 2.07 bits per heavy atom. The summed E-state index contributed by atoms with van der Waals surface area (Å²) >= 11 is 7.86. The average molecular weight is 301 g/mol. The molecule has 0 amide bonds. The molecule has 1 rings (SSSR count). The van der Waals surface area contributed by atoms with Gasteiger partial charge in [0.2, 0.25) is 5.78 Å². The molecule has 0 heterocycles. The smallest absolute Gasteiger partial charge is 0.291 e. The van der Waals surface area contributed by atoms with Crippen molar-refractivity contribution in [1.29, 1.82) is 0 Å². The first-order valence-electron chi connectivity index (χ1n) is 3.82. The van der Waals surface area contributed by atoms with Crippen LogP contribution in [0.4, 0.5) is 13.2 Å². The Balaban J connectivity index is 3.25. The van der Waals surface area contributed by atoms with Crippen molar-refractivity contribution >= 4 is 33.3 Å². The molecule has 0 aliphatic carbocycles. The third kappa shape index (κ3) is 2.52. The number of Topliss-reactive ketones (excluding diaryl/α,β-unsaturated/α-hetero) is 1. The van der Waals surface area contributed by atoms with Crippen molar-refractivity contribution in [3.05, 3.63) is 34.1 Å². The Morgan fingerprint density at radius 1 is 1.47 bits per heavy atom. The zero-order valence-electron chi connectivity index (χ0n) is 7.24. The molecule has 0 radical (unpaired) electrons. The van der Waals surface area contributed by atoms with Gasteiger partial charge < -0.3 is 0 Å². The first kappa shape index (κ1) is 12.5. The number of hydrogen-bond donors (Lipinski definition) is 0. The van der Waals surface area contributed by atoms with Gasteiger partial charge in [-0.15, -0.1) is 11.6 Å². The Kier molecular flexibility index (Phi) is 3.78. The normalized spacial score (nSPS) is 11.5. The highest BCUT2D eigenvalue weighted by Gasteiger charge is 2.41. The number of halogens is 5. The van der Waals surface area contributed by atoms with E-state index in [1.807, 2.05) is 0 Å². The van der Waals surface area contributed by atoms with Gasteiger partial charge in [0.1, 0.15) is 5.82 Å². The van der Waals surface area contributed by atoms with E-state index in [0.717, 1.165) is 12.1 Å². The van der Waals surface area contributed by atoms with Gasteiger partial charge in [0.05, 0.1) is 5.88 Å². The third-order valence-corrected chi connectivity index (χ3v) is 2.67. The summed E-state index contributed by atoms with van der Waals surface area (Å²) in [5.41, 5.74) is -0.715. The number of benzene rings is 1. The van der Waals surface area contributed by atoms with Crippen LogP contribution in [-0.4, -0.2) is 11.7 Å². The molecule has 0 saturated heterocycles. The van der Waals surface area contributed by atoms with E-state index in [-0.39, 0.29) is 4.47 Å². The maximum absolute atomic E-state index is 13.4. The van der Waals surface area contributed by atoms with Gasteiger partial charge >= 0.3 is 5.92 Å². The Labute approximate surface area is 97.4 Å². The summed E-state index contributed by atoms with van der Waals surface area (Å²) in [7, 11) is 0. The molecular formula is C9H5BrClF3O. The van der Waals surface area contributed by atoms with Crippen molar-refractivity contribution in [2.45, 2.75) is 5.92 Å². The largest absolute Gasteiger partial charge is 0.332 e. The summed E-state index contributed by atoms with van der Waals surface area (Å²) < 4.78 is 39.4. The van der Waals surface area contributed by atoms with E-state index in [0.29, 0.717) is 6.07 Å². The summed E-state index contributed by atoms with van der Waals surface area (Å²) in [6, 6.07) is 2.73. The quantitative estimate of drug-likeness (QED) is 0.781. The summed E-state index contributed by atoms with van der Waals surface area (Å²) in [4.78, 5) is 10.9. The van der Waals surface area contributed by atoms with Crippen LogP contribution < -0.4 is 0 Å². The number of carbonyl (C=O) groups excluding carboxylic acids is 1. The average Bonchev–Trinajstić information content (AvgIpc) is 2.20. The van der Waals surface area contributed by atoms with Crippen molar-refractivity contribution in [3.63, 3.8) is 0 Å². The number of alkyl halides is 3. The minimum absolute atomic E-state index is 0.0348. The fraction of sp³-hybridized carbons (Fsp3) is 0.222. The molecule has 0 fully saturated rings. The van der Waals surface area contributed by atoms with Crippen LogP contribution in [0.3, 0.4) is 0 Å². The second-order valence-electron chi connectivity index (χ2n) is 2.76. The van der Waals surface area contributed by atoms with Crippen LogP contribution in [0.25, 0.3) is 0 Å². The fourth-order valence-electron chi connectivity index (χ4n) is 0.972. The van der Waals surface area contributed by atoms with Crippen LogP contribution in [0.15, 0.2) is 22.7 Å². The van der Waals surface area contributed by atoms with Gasteiger partial charge in [-0.3, -0.25) is 4.79 Å². The topological polar surface area (TPSA) is 17.1 Å². The molecule has 6 heteroatoms. The van der Waals surface area contributed by atoms with E-state index in [1.54, 1.807) is 0 Å². The number of ketones is 1. The van der Waals surface area contributed by atoms with E-state index in [1.165, 1.54) is 0 Å². The van der Waals surface area contributed by atoms with Crippen LogP contribution >= 0.6 is 27.5 Å². The summed E-state index contributed by atoms with van der Waals surface area (Å²) in [6.07, 6.45) is 0. The molecule has 0 unspecified atom stereocenters. The number of carbonyl (C=O) groups is 1. The summed E-state index contributed by atoms with van der Waals surface area (Å²) in [5, 5.41) is 0. The molecule has 15 heavy (non-hydrogen) atoms. The van der Waals surface area contributed by atoms with Crippen molar-refractivity contribution in [1.82, 2.24) is 0 Å². The van der Waals surface area contributed by atoms with Gasteiger partial charge in [0, 0.05) is 10.0 Å². The van der Waals surface area contributed by atoms with Crippen molar-refractivity contribution in [3.8, 4) is 0 Å². The van der Waals surface area contributed by atoms with Crippen LogP contribution in [0.1, 0.15) is 5.56 Å². The number of hydrogen-bond acceptors (Lipinski definition) is 1. The standard InChI is InChI=1S/C9H5BrClF3O/c10-7-2-1-5(12)3-6(7)9(13,14)8(15)4-11/h1-3H,4H2. The highest BCUT2D eigenvalue weighted by atomic mass is 79.9. The lowest BCUT2D eigenvalue weighted by Crippen LogP contribution is -2.27. The number of rotatable bonds is 3. The molecule has 0 bridgehead atoms. The van der Waals surface area contributed by atoms with Crippen LogP contribution in [-0.2, 0) is 10.7 Å². The van der Waals surface area contributed by atoms with E-state index < -0.39 is 29.0 Å². The first-order valence-corrected chi connectivity index (χ1v) is 5.15. The molecule has 0 saturated carbocycles. The lowest BCUT2D eigenvalue weighted by Gasteiger charge is -2.15. The minimum Gasteiger partial charge on any atom is -0.291 e. The molecule has 0 aromatic heterocycles. The Morgan fingerprint density at radius 3 is 2.60 bits per heavy atom. The SMILES string of the molecule is O=C(CCl)C(F)(F)c1cc(F)ccc1Br. The van der Waals surface area contributed by atoms with Gasteiger partial charge in [-0.05, 0) is 18.2 Å². The van der Waals surface area contributed by atoms with Crippen molar-refractivity contribution in [2.75, 3.05) is 5.88 Å². The van der Waals surface area contributed by atoms with Crippen LogP contribution in [0, 0.1) is 5.82 Å². The molecule has 82 valence electrons. The third-order valence-electron chi connectivity index (χ3n) is 1.74. The predicted octanol–water partition coefficient (Wildman–Crippen LogP) is 3.49. The monoisotopic (exact) mass is 300 g/mol. The predicted molar refractivity (Wildman–Crippen MR) is 53.7 cm³/mol. The zero-order valence-corrected chi connectivity index (χ0v) is 9.58. The molecule has 1 aromatic rings. The van der Waals surface area contributed by atoms with Gasteiger partial charge in [0.15, 0.2) is 0 Å². The second kappa shape index (κ2) is 4.53. The summed E-state index contributed by atoms with van der Waals surface area (Å²) in [5.74, 6) is -6.90. The zero-order chi connectivity index (χ0) is 11.6. The fourth-order valence-corrected chi connectivity index (χ4v) is 1.64. The van der Waals surface area contributed by atoms with Gasteiger partial charge in [-0.1, -0.05) is 15.9 Å². The van der Waals surface area contributed by atoms with E-state index >= 15 is 0 Å². The molecule has 1 aromatic carbocycles. The lowest BCUT2D eigenvalue weighted by atomic mass is 10.1. The van der Waals surface area contributed by atoms with Crippen LogP contribution in [0.2, 0.25) is 0 Å². The molecule has 0 aliphatic rings. The van der Waals surface area contributed by atoms with E-state index in [9.17, 15) is 18.0 Å². The molecular weight excluding hydrogens is 296 g/mol. The van der Waals surface area contributed by atoms with Crippen molar-refractivity contribution < 1.29 is 18.0 Å². The van der Waals surface area contributed by atoms with Crippen molar-refractivity contribution in [2.24, 2.45) is 0 Å². The minimum atomic E-state index is -3.78. The summed E-state index contributed by atoms with van der Waals surface area (Å²) in [6.45, 7) is 0. The highest BCUT2D eigenvalue weighted by Crippen LogP contribution is 2.35. The highest BCUT2D eigenvalue weighted by molar-refractivity contribution is 9.10. The van der Waals surface area contributed by atoms with Crippen LogP contribution in [0.5, 0.6) is 0 Å². The molecule has 0 spiro atoms.